The molecular weight excluding hydrogens is 344 g/mol. The molecule has 0 bridgehead atoms. The standard InChI is InChI=1S/C19H26N6O2/c1-25-12-13(11-20-25)18-15(7-4-10-27-18)22-17-9-8-16(23-24-17)19(26)21-14-5-2-3-6-14/h8-9,11-12,14-15,18H,2-7,10H2,1H3,(H,21,26)(H,22,24)/t15-,18+/m0/s1. The average molecular weight is 370 g/mol. The third-order valence-electron chi connectivity index (χ3n) is 5.30. The van der Waals surface area contributed by atoms with Gasteiger partial charge in [-0.15, -0.1) is 10.2 Å². The van der Waals surface area contributed by atoms with Crippen LogP contribution in [0.25, 0.3) is 0 Å². The zero-order chi connectivity index (χ0) is 18.6. The SMILES string of the molecule is Cn1cc([C@H]2OCCC[C@@H]2Nc2ccc(C(=O)NC3CCCC3)nn2)cn1. The van der Waals surface area contributed by atoms with E-state index in [1.165, 1.54) is 12.8 Å². The maximum atomic E-state index is 12.3. The molecule has 2 N–H and O–H groups in total. The predicted molar refractivity (Wildman–Crippen MR) is 100 cm³/mol. The van der Waals surface area contributed by atoms with Crippen LogP contribution in [0.3, 0.4) is 0 Å². The van der Waals surface area contributed by atoms with E-state index in [2.05, 4.69) is 25.9 Å². The van der Waals surface area contributed by atoms with Crippen molar-refractivity contribution in [2.75, 3.05) is 11.9 Å². The van der Waals surface area contributed by atoms with Crippen molar-refractivity contribution >= 4 is 11.7 Å². The molecule has 2 atom stereocenters. The molecule has 2 fully saturated rings. The lowest BCUT2D eigenvalue weighted by molar-refractivity contribution is 0.00550. The highest BCUT2D eigenvalue weighted by atomic mass is 16.5. The van der Waals surface area contributed by atoms with Gasteiger partial charge in [-0.05, 0) is 37.8 Å². The molecule has 2 aromatic heterocycles. The molecule has 2 aromatic rings. The number of carbonyl (C=O) groups is 1. The topological polar surface area (TPSA) is 94.0 Å². The van der Waals surface area contributed by atoms with Crippen molar-refractivity contribution in [3.05, 3.63) is 35.8 Å². The van der Waals surface area contributed by atoms with E-state index in [1.54, 1.807) is 10.7 Å². The van der Waals surface area contributed by atoms with Crippen LogP contribution in [0.2, 0.25) is 0 Å². The molecule has 1 aliphatic heterocycles. The zero-order valence-corrected chi connectivity index (χ0v) is 15.6. The van der Waals surface area contributed by atoms with E-state index in [0.717, 1.165) is 37.9 Å². The third-order valence-corrected chi connectivity index (χ3v) is 5.30. The van der Waals surface area contributed by atoms with Gasteiger partial charge in [-0.2, -0.15) is 5.10 Å². The summed E-state index contributed by atoms with van der Waals surface area (Å²) in [6.45, 7) is 0.740. The quantitative estimate of drug-likeness (QED) is 0.838. The second-order valence-corrected chi connectivity index (χ2v) is 7.39. The normalized spacial score (nSPS) is 23.3. The number of anilines is 1. The first-order valence-electron chi connectivity index (χ1n) is 9.70. The minimum atomic E-state index is -0.143. The van der Waals surface area contributed by atoms with E-state index >= 15 is 0 Å². The maximum absolute atomic E-state index is 12.3. The van der Waals surface area contributed by atoms with Gasteiger partial charge in [0.2, 0.25) is 0 Å². The first-order chi connectivity index (χ1) is 13.2. The number of aryl methyl sites for hydroxylation is 1. The molecule has 8 heteroatoms. The van der Waals surface area contributed by atoms with Gasteiger partial charge in [0.1, 0.15) is 11.9 Å². The largest absolute Gasteiger partial charge is 0.371 e. The van der Waals surface area contributed by atoms with Gasteiger partial charge in [0.25, 0.3) is 5.91 Å². The number of carbonyl (C=O) groups excluding carboxylic acids is 1. The van der Waals surface area contributed by atoms with Crippen molar-refractivity contribution in [1.29, 1.82) is 0 Å². The van der Waals surface area contributed by atoms with Crippen LogP contribution in [0.4, 0.5) is 5.82 Å². The Morgan fingerprint density at radius 1 is 1.19 bits per heavy atom. The highest BCUT2D eigenvalue weighted by Crippen LogP contribution is 2.30. The van der Waals surface area contributed by atoms with Gasteiger partial charge in [-0.3, -0.25) is 9.48 Å². The fourth-order valence-corrected chi connectivity index (χ4v) is 3.89. The van der Waals surface area contributed by atoms with Crippen molar-refractivity contribution in [2.24, 2.45) is 7.05 Å². The summed E-state index contributed by atoms with van der Waals surface area (Å²) in [6.07, 6.45) is 10.2. The summed E-state index contributed by atoms with van der Waals surface area (Å²) in [5, 5.41) is 19.0. The number of nitrogens with zero attached hydrogens (tertiary/aromatic N) is 4. The summed E-state index contributed by atoms with van der Waals surface area (Å²) in [5.74, 6) is 0.506. The van der Waals surface area contributed by atoms with E-state index in [9.17, 15) is 4.79 Å². The van der Waals surface area contributed by atoms with Gasteiger partial charge in [0, 0.05) is 31.5 Å². The van der Waals surface area contributed by atoms with Crippen LogP contribution in [0.5, 0.6) is 0 Å². The number of amides is 1. The zero-order valence-electron chi connectivity index (χ0n) is 15.6. The Balaban J connectivity index is 1.40. The van der Waals surface area contributed by atoms with Crippen molar-refractivity contribution in [3.8, 4) is 0 Å². The molecular formula is C19H26N6O2. The number of ether oxygens (including phenoxy) is 1. The molecule has 3 heterocycles. The van der Waals surface area contributed by atoms with Gasteiger partial charge in [0.05, 0.1) is 12.2 Å². The van der Waals surface area contributed by atoms with Gasteiger partial charge in [0.15, 0.2) is 5.69 Å². The molecule has 27 heavy (non-hydrogen) atoms. The Morgan fingerprint density at radius 2 is 2.04 bits per heavy atom. The fourth-order valence-electron chi connectivity index (χ4n) is 3.89. The second-order valence-electron chi connectivity index (χ2n) is 7.39. The van der Waals surface area contributed by atoms with Gasteiger partial charge >= 0.3 is 0 Å². The summed E-state index contributed by atoms with van der Waals surface area (Å²) >= 11 is 0. The van der Waals surface area contributed by atoms with E-state index < -0.39 is 0 Å². The molecule has 0 spiro atoms. The van der Waals surface area contributed by atoms with Crippen LogP contribution in [0.15, 0.2) is 24.5 Å². The first-order valence-corrected chi connectivity index (χ1v) is 9.70. The van der Waals surface area contributed by atoms with Crippen LogP contribution in [-0.2, 0) is 11.8 Å². The lowest BCUT2D eigenvalue weighted by Crippen LogP contribution is -2.34. The van der Waals surface area contributed by atoms with Crippen molar-refractivity contribution in [3.63, 3.8) is 0 Å². The molecule has 1 saturated carbocycles. The molecule has 1 aliphatic carbocycles. The molecule has 1 saturated heterocycles. The smallest absolute Gasteiger partial charge is 0.272 e. The molecule has 4 rings (SSSR count). The Bertz CT molecular complexity index is 769. The summed E-state index contributed by atoms with van der Waals surface area (Å²) in [5.41, 5.74) is 1.41. The number of hydrogen-bond donors (Lipinski definition) is 2. The van der Waals surface area contributed by atoms with Crippen LogP contribution in [0, 0.1) is 0 Å². The van der Waals surface area contributed by atoms with E-state index in [4.69, 9.17) is 4.74 Å². The molecule has 0 radical (unpaired) electrons. The van der Waals surface area contributed by atoms with Crippen molar-refractivity contribution in [2.45, 2.75) is 56.7 Å². The minimum absolute atomic E-state index is 0.0698. The molecule has 1 amide bonds. The predicted octanol–water partition coefficient (Wildman–Crippen LogP) is 2.21. The Hall–Kier alpha value is -2.48. The first kappa shape index (κ1) is 17.9. The molecule has 0 aromatic carbocycles. The van der Waals surface area contributed by atoms with Gasteiger partial charge in [-0.1, -0.05) is 12.8 Å². The summed E-state index contributed by atoms with van der Waals surface area (Å²) in [4.78, 5) is 12.3. The minimum Gasteiger partial charge on any atom is -0.371 e. The Morgan fingerprint density at radius 3 is 2.74 bits per heavy atom. The summed E-state index contributed by atoms with van der Waals surface area (Å²) in [7, 11) is 1.90. The van der Waals surface area contributed by atoms with Crippen LogP contribution in [-0.4, -0.2) is 44.6 Å². The number of nitrogens with one attached hydrogen (secondary N) is 2. The average Bonchev–Trinajstić information content (AvgIpc) is 3.34. The highest BCUT2D eigenvalue weighted by Gasteiger charge is 2.29. The third kappa shape index (κ3) is 4.27. The highest BCUT2D eigenvalue weighted by molar-refractivity contribution is 5.92. The Kier molecular flexibility index (Phi) is 5.33. The Labute approximate surface area is 158 Å². The second kappa shape index (κ2) is 8.04. The summed E-state index contributed by atoms with van der Waals surface area (Å²) in [6, 6.07) is 3.90. The lowest BCUT2D eigenvalue weighted by Gasteiger charge is -2.32. The number of rotatable bonds is 5. The van der Waals surface area contributed by atoms with Crippen molar-refractivity contribution in [1.82, 2.24) is 25.3 Å². The molecule has 2 aliphatic rings. The van der Waals surface area contributed by atoms with Crippen LogP contribution < -0.4 is 10.6 Å². The van der Waals surface area contributed by atoms with Crippen molar-refractivity contribution < 1.29 is 9.53 Å². The molecule has 0 unspecified atom stereocenters. The van der Waals surface area contributed by atoms with Crippen LogP contribution >= 0.6 is 0 Å². The van der Waals surface area contributed by atoms with Gasteiger partial charge < -0.3 is 15.4 Å². The van der Waals surface area contributed by atoms with E-state index in [0.29, 0.717) is 11.5 Å². The van der Waals surface area contributed by atoms with E-state index in [-0.39, 0.29) is 24.1 Å². The summed E-state index contributed by atoms with van der Waals surface area (Å²) < 4.78 is 7.75. The molecule has 8 nitrogen and oxygen atoms in total. The fraction of sp³-hybridized carbons (Fsp3) is 0.579. The van der Waals surface area contributed by atoms with E-state index in [1.807, 2.05) is 25.5 Å². The lowest BCUT2D eigenvalue weighted by atomic mass is 9.98. The number of hydrogen-bond acceptors (Lipinski definition) is 6. The maximum Gasteiger partial charge on any atom is 0.272 e. The monoisotopic (exact) mass is 370 g/mol. The number of aromatic nitrogens is 4. The molecule has 144 valence electrons. The van der Waals surface area contributed by atoms with Crippen LogP contribution in [0.1, 0.15) is 60.7 Å². The van der Waals surface area contributed by atoms with Gasteiger partial charge in [-0.25, -0.2) is 0 Å².